The van der Waals surface area contributed by atoms with E-state index in [4.69, 9.17) is 4.98 Å². The van der Waals surface area contributed by atoms with Crippen LogP contribution >= 0.6 is 0 Å². The van der Waals surface area contributed by atoms with E-state index in [1.54, 1.807) is 12.4 Å². The van der Waals surface area contributed by atoms with Gasteiger partial charge in [0, 0.05) is 5.69 Å². The first-order valence-corrected chi connectivity index (χ1v) is 9.01. The lowest BCUT2D eigenvalue weighted by Crippen LogP contribution is -2.09. The number of aromatic amines is 1. The minimum absolute atomic E-state index is 0.441. The average molecular weight is 392 g/mol. The van der Waals surface area contributed by atoms with Crippen molar-refractivity contribution in [2.75, 3.05) is 5.32 Å². The van der Waals surface area contributed by atoms with Gasteiger partial charge >= 0.3 is 0 Å². The number of benzene rings is 2. The molecule has 0 atom stereocenters. The minimum Gasteiger partial charge on any atom is -0.361 e. The maximum Gasteiger partial charge on any atom is 0.182 e. The normalized spacial score (nSPS) is 10.3. The smallest absolute Gasteiger partial charge is 0.182 e. The zero-order valence-corrected chi connectivity index (χ0v) is 15.8. The Bertz CT molecular complexity index is 1390. The molecule has 0 saturated carbocycles. The third-order valence-corrected chi connectivity index (χ3v) is 4.50. The largest absolute Gasteiger partial charge is 0.361 e. The van der Waals surface area contributed by atoms with Gasteiger partial charge in [0.2, 0.25) is 0 Å². The fraction of sp³-hybridized carbons (Fsp3) is 0.0455. The number of hydrogen-bond donors (Lipinski definition) is 2. The van der Waals surface area contributed by atoms with Crippen LogP contribution < -0.4 is 5.32 Å². The number of H-pyrrole nitrogens is 1. The fourth-order valence-corrected chi connectivity index (χ4v) is 3.26. The highest BCUT2D eigenvalue weighted by Crippen LogP contribution is 2.23. The molecule has 0 aliphatic heterocycles. The molecule has 144 valence electrons. The maximum atomic E-state index is 9.26. The molecule has 5 aromatic rings. The zero-order valence-electron chi connectivity index (χ0n) is 15.8. The average Bonchev–Trinajstić information content (AvgIpc) is 3.43. The molecule has 0 amide bonds. The fourth-order valence-electron chi connectivity index (χ4n) is 3.26. The lowest BCUT2D eigenvalue weighted by Gasteiger charge is -2.11. The van der Waals surface area contributed by atoms with Crippen LogP contribution in [-0.4, -0.2) is 29.5 Å². The van der Waals surface area contributed by atoms with Gasteiger partial charge in [-0.1, -0.05) is 18.2 Å². The number of nitrogens with one attached hydrogen (secondary N) is 2. The molecule has 8 heteroatoms. The predicted molar refractivity (Wildman–Crippen MR) is 115 cm³/mol. The van der Waals surface area contributed by atoms with E-state index in [1.165, 1.54) is 6.33 Å². The van der Waals surface area contributed by atoms with Crippen molar-refractivity contribution >= 4 is 28.0 Å². The first-order chi connectivity index (χ1) is 14.8. The van der Waals surface area contributed by atoms with E-state index < -0.39 is 0 Å². The Labute approximate surface area is 172 Å². The van der Waals surface area contributed by atoms with E-state index in [0.717, 1.165) is 28.1 Å². The summed E-state index contributed by atoms with van der Waals surface area (Å²) >= 11 is 0. The van der Waals surface area contributed by atoms with Gasteiger partial charge in [0.05, 0.1) is 35.5 Å². The quantitative estimate of drug-likeness (QED) is 0.454. The third kappa shape index (κ3) is 3.30. The van der Waals surface area contributed by atoms with E-state index >= 15 is 0 Å². The molecule has 3 aromatic heterocycles. The standard InChI is InChI=1S/C20H14N8.C2H2/c21-9-13-4-3-5-14(8-13)28-16-7-2-1-6-15(16)27-17(28)10-22-19-18-20(24-11-23-18)26-12-25-19;1-2/h1-8,11-12H,10H2,(H2,22,23,24,25,26);1-2H. The Balaban J connectivity index is 0.00000106. The summed E-state index contributed by atoms with van der Waals surface area (Å²) in [5.74, 6) is 1.47. The van der Waals surface area contributed by atoms with Crippen molar-refractivity contribution in [3.8, 4) is 24.6 Å². The SMILES string of the molecule is C#C.N#Cc1cccc(-n2c(CNc3ncnc4nc[nH]c34)nc3ccccc32)c1. The highest BCUT2D eigenvalue weighted by Gasteiger charge is 2.14. The molecular weight excluding hydrogens is 376 g/mol. The first kappa shape index (κ1) is 18.7. The van der Waals surface area contributed by atoms with Crippen LogP contribution in [0.25, 0.3) is 27.9 Å². The molecule has 2 N–H and O–H groups in total. The van der Waals surface area contributed by atoms with Crippen molar-refractivity contribution in [3.05, 3.63) is 72.6 Å². The van der Waals surface area contributed by atoms with Crippen LogP contribution in [0.4, 0.5) is 5.82 Å². The third-order valence-electron chi connectivity index (χ3n) is 4.50. The maximum absolute atomic E-state index is 9.26. The van der Waals surface area contributed by atoms with Gasteiger partial charge in [-0.2, -0.15) is 5.26 Å². The van der Waals surface area contributed by atoms with E-state index in [-0.39, 0.29) is 0 Å². The number of nitriles is 1. The van der Waals surface area contributed by atoms with Gasteiger partial charge in [0.1, 0.15) is 17.7 Å². The number of aromatic nitrogens is 6. The molecule has 0 unspecified atom stereocenters. The van der Waals surface area contributed by atoms with Gasteiger partial charge < -0.3 is 10.3 Å². The van der Waals surface area contributed by atoms with Crippen molar-refractivity contribution in [2.24, 2.45) is 0 Å². The summed E-state index contributed by atoms with van der Waals surface area (Å²) in [5, 5.41) is 12.6. The van der Waals surface area contributed by atoms with Crippen LogP contribution in [0.15, 0.2) is 61.2 Å². The van der Waals surface area contributed by atoms with Crippen molar-refractivity contribution in [3.63, 3.8) is 0 Å². The van der Waals surface area contributed by atoms with Gasteiger partial charge in [-0.25, -0.2) is 19.9 Å². The number of hydrogen-bond acceptors (Lipinski definition) is 6. The molecule has 0 fully saturated rings. The summed E-state index contributed by atoms with van der Waals surface area (Å²) in [6.45, 7) is 0.441. The summed E-state index contributed by atoms with van der Waals surface area (Å²) in [7, 11) is 0. The Morgan fingerprint density at radius 1 is 1.07 bits per heavy atom. The number of nitrogens with zero attached hydrogens (tertiary/aromatic N) is 6. The molecule has 2 aromatic carbocycles. The number of rotatable bonds is 4. The monoisotopic (exact) mass is 392 g/mol. The molecule has 0 saturated heterocycles. The number of fused-ring (bicyclic) bond motifs is 2. The Morgan fingerprint density at radius 3 is 2.80 bits per heavy atom. The second-order valence-corrected chi connectivity index (χ2v) is 6.19. The minimum atomic E-state index is 0.441. The molecule has 0 bridgehead atoms. The number of terminal acetylenes is 1. The van der Waals surface area contributed by atoms with Crippen LogP contribution in [0, 0.1) is 24.2 Å². The highest BCUT2D eigenvalue weighted by molar-refractivity contribution is 5.82. The van der Waals surface area contributed by atoms with E-state index in [9.17, 15) is 5.26 Å². The molecule has 3 heterocycles. The molecule has 0 aliphatic rings. The van der Waals surface area contributed by atoms with Gasteiger partial charge in [-0.15, -0.1) is 12.8 Å². The Morgan fingerprint density at radius 2 is 1.93 bits per heavy atom. The number of anilines is 1. The second-order valence-electron chi connectivity index (χ2n) is 6.19. The summed E-state index contributed by atoms with van der Waals surface area (Å²) in [5.41, 5.74) is 4.70. The van der Waals surface area contributed by atoms with Crippen LogP contribution in [-0.2, 0) is 6.54 Å². The Hall–Kier alpha value is -4.69. The summed E-state index contributed by atoms with van der Waals surface area (Å²) < 4.78 is 2.05. The summed E-state index contributed by atoms with van der Waals surface area (Å²) in [6, 6.07) is 17.6. The van der Waals surface area contributed by atoms with Crippen molar-refractivity contribution in [2.45, 2.75) is 6.54 Å². The van der Waals surface area contributed by atoms with E-state index in [1.807, 2.05) is 42.5 Å². The topological polar surface area (TPSA) is 108 Å². The second kappa shape index (κ2) is 8.13. The lowest BCUT2D eigenvalue weighted by molar-refractivity contribution is 0.910. The van der Waals surface area contributed by atoms with Gasteiger partial charge in [0.25, 0.3) is 0 Å². The number of imidazole rings is 2. The van der Waals surface area contributed by atoms with Gasteiger partial charge in [-0.3, -0.25) is 4.57 Å². The number of para-hydroxylation sites is 2. The van der Waals surface area contributed by atoms with Crippen LogP contribution in [0.3, 0.4) is 0 Å². The Kier molecular flexibility index (Phi) is 5.06. The van der Waals surface area contributed by atoms with Gasteiger partial charge in [-0.05, 0) is 30.3 Å². The molecular formula is C22H16N8. The van der Waals surface area contributed by atoms with E-state index in [2.05, 4.69) is 48.7 Å². The zero-order chi connectivity index (χ0) is 20.9. The van der Waals surface area contributed by atoms with Gasteiger partial charge in [0.15, 0.2) is 11.5 Å². The lowest BCUT2D eigenvalue weighted by atomic mass is 10.2. The summed E-state index contributed by atoms with van der Waals surface area (Å²) in [4.78, 5) is 20.4. The van der Waals surface area contributed by atoms with Crippen molar-refractivity contribution in [1.82, 2.24) is 29.5 Å². The van der Waals surface area contributed by atoms with E-state index in [0.29, 0.717) is 23.6 Å². The molecule has 5 rings (SSSR count). The highest BCUT2D eigenvalue weighted by atomic mass is 15.1. The molecule has 30 heavy (non-hydrogen) atoms. The van der Waals surface area contributed by atoms with Crippen LogP contribution in [0.2, 0.25) is 0 Å². The van der Waals surface area contributed by atoms with Crippen molar-refractivity contribution < 1.29 is 0 Å². The van der Waals surface area contributed by atoms with Crippen molar-refractivity contribution in [1.29, 1.82) is 5.26 Å². The predicted octanol–water partition coefficient (Wildman–Crippen LogP) is 3.42. The van der Waals surface area contributed by atoms with Crippen LogP contribution in [0.5, 0.6) is 0 Å². The van der Waals surface area contributed by atoms with Crippen LogP contribution in [0.1, 0.15) is 11.4 Å². The molecule has 8 nitrogen and oxygen atoms in total. The molecule has 0 spiro atoms. The molecule has 0 aliphatic carbocycles. The summed E-state index contributed by atoms with van der Waals surface area (Å²) in [6.07, 6.45) is 11.1. The first-order valence-electron chi connectivity index (χ1n) is 9.01. The molecule has 0 radical (unpaired) electrons.